The second-order valence-corrected chi connectivity index (χ2v) is 4.88. The quantitative estimate of drug-likeness (QED) is 0.805. The Morgan fingerprint density at radius 3 is 2.90 bits per heavy atom. The molecule has 2 aromatic heterocycles. The van der Waals surface area contributed by atoms with Crippen molar-refractivity contribution in [3.05, 3.63) is 53.4 Å². The van der Waals surface area contributed by atoms with E-state index >= 15 is 0 Å². The first-order chi connectivity index (χ1) is 10.1. The zero-order valence-electron chi connectivity index (χ0n) is 11.7. The molecule has 0 bridgehead atoms. The maximum atomic E-state index is 13.6. The van der Waals surface area contributed by atoms with Crippen molar-refractivity contribution in [1.82, 2.24) is 14.8 Å². The number of aryl methyl sites for hydroxylation is 2. The summed E-state index contributed by atoms with van der Waals surface area (Å²) < 4.78 is 28.4. The fourth-order valence-corrected chi connectivity index (χ4v) is 2.29. The third-order valence-electron chi connectivity index (χ3n) is 3.35. The van der Waals surface area contributed by atoms with E-state index in [9.17, 15) is 8.78 Å². The molecule has 1 N–H and O–H groups in total. The zero-order chi connectivity index (χ0) is 15.0. The molecular weight excluding hydrogens is 274 g/mol. The van der Waals surface area contributed by atoms with E-state index in [2.05, 4.69) is 15.4 Å². The smallest absolute Gasteiger partial charge is 0.181 e. The normalized spacial score (nSPS) is 11.0. The van der Waals surface area contributed by atoms with Gasteiger partial charge in [-0.25, -0.2) is 13.8 Å². The molecule has 2 heterocycles. The third-order valence-corrected chi connectivity index (χ3v) is 3.35. The van der Waals surface area contributed by atoms with Crippen LogP contribution in [0, 0.1) is 18.6 Å². The maximum Gasteiger partial charge on any atom is 0.181 e. The topological polar surface area (TPSA) is 42.7 Å². The van der Waals surface area contributed by atoms with Gasteiger partial charge in [-0.1, -0.05) is 6.07 Å². The minimum atomic E-state index is -0.871. The number of rotatable bonds is 3. The number of benzene rings is 1. The second kappa shape index (κ2) is 5.12. The highest BCUT2D eigenvalue weighted by Gasteiger charge is 2.09. The number of hydrogen-bond donors (Lipinski definition) is 1. The molecule has 0 radical (unpaired) electrons. The Morgan fingerprint density at radius 2 is 2.10 bits per heavy atom. The van der Waals surface area contributed by atoms with Crippen LogP contribution >= 0.6 is 0 Å². The fourth-order valence-electron chi connectivity index (χ4n) is 2.29. The first kappa shape index (κ1) is 13.5. The van der Waals surface area contributed by atoms with Crippen molar-refractivity contribution in [2.45, 2.75) is 13.5 Å². The summed E-state index contributed by atoms with van der Waals surface area (Å²) in [6.45, 7) is 2.27. The van der Waals surface area contributed by atoms with Gasteiger partial charge in [0, 0.05) is 25.2 Å². The van der Waals surface area contributed by atoms with E-state index in [1.807, 2.05) is 20.0 Å². The highest BCUT2D eigenvalue weighted by molar-refractivity contribution is 5.78. The SMILES string of the molecule is Cc1nn(C)c2ncc(CNc3cccc(F)c3F)cc12. The molecule has 21 heavy (non-hydrogen) atoms. The number of anilines is 1. The van der Waals surface area contributed by atoms with E-state index in [0.717, 1.165) is 28.4 Å². The molecule has 0 aliphatic rings. The molecule has 0 fully saturated rings. The van der Waals surface area contributed by atoms with Crippen LogP contribution in [0.2, 0.25) is 0 Å². The molecule has 0 saturated heterocycles. The summed E-state index contributed by atoms with van der Waals surface area (Å²) in [7, 11) is 1.84. The Morgan fingerprint density at radius 1 is 1.29 bits per heavy atom. The molecule has 3 aromatic rings. The minimum absolute atomic E-state index is 0.137. The molecule has 0 spiro atoms. The summed E-state index contributed by atoms with van der Waals surface area (Å²) in [5, 5.41) is 8.13. The molecule has 0 saturated carbocycles. The predicted octanol–water partition coefficient (Wildman–Crippen LogP) is 3.17. The highest BCUT2D eigenvalue weighted by atomic mass is 19.2. The van der Waals surface area contributed by atoms with Crippen LogP contribution in [0.25, 0.3) is 11.0 Å². The van der Waals surface area contributed by atoms with Gasteiger partial charge >= 0.3 is 0 Å². The molecule has 4 nitrogen and oxygen atoms in total. The molecule has 0 aliphatic carbocycles. The van der Waals surface area contributed by atoms with Crippen LogP contribution in [-0.2, 0) is 13.6 Å². The molecule has 6 heteroatoms. The molecule has 3 rings (SSSR count). The van der Waals surface area contributed by atoms with Gasteiger partial charge in [-0.05, 0) is 30.7 Å². The average Bonchev–Trinajstić information content (AvgIpc) is 2.75. The molecule has 108 valence electrons. The zero-order valence-corrected chi connectivity index (χ0v) is 11.7. The average molecular weight is 288 g/mol. The second-order valence-electron chi connectivity index (χ2n) is 4.88. The van der Waals surface area contributed by atoms with Gasteiger partial charge < -0.3 is 5.32 Å². The van der Waals surface area contributed by atoms with Gasteiger partial charge in [0.25, 0.3) is 0 Å². The summed E-state index contributed by atoms with van der Waals surface area (Å²) in [6.07, 6.45) is 1.70. The van der Waals surface area contributed by atoms with Gasteiger partial charge in [0.15, 0.2) is 17.3 Å². The van der Waals surface area contributed by atoms with E-state index in [1.54, 1.807) is 10.9 Å². The monoisotopic (exact) mass is 288 g/mol. The van der Waals surface area contributed by atoms with Crippen molar-refractivity contribution in [3.8, 4) is 0 Å². The first-order valence-corrected chi connectivity index (χ1v) is 6.52. The van der Waals surface area contributed by atoms with Crippen LogP contribution in [0.5, 0.6) is 0 Å². The first-order valence-electron chi connectivity index (χ1n) is 6.52. The summed E-state index contributed by atoms with van der Waals surface area (Å²) in [6, 6.07) is 6.01. The van der Waals surface area contributed by atoms with Gasteiger partial charge in [-0.2, -0.15) is 5.10 Å². The number of halogens is 2. The van der Waals surface area contributed by atoms with Crippen molar-refractivity contribution < 1.29 is 8.78 Å². The number of aromatic nitrogens is 3. The van der Waals surface area contributed by atoms with Gasteiger partial charge in [-0.3, -0.25) is 4.68 Å². The Kier molecular flexibility index (Phi) is 3.29. The largest absolute Gasteiger partial charge is 0.378 e. The molecular formula is C15H14F2N4. The lowest BCUT2D eigenvalue weighted by molar-refractivity contribution is 0.511. The van der Waals surface area contributed by atoms with Gasteiger partial charge in [0.1, 0.15) is 0 Å². The lowest BCUT2D eigenvalue weighted by atomic mass is 10.2. The predicted molar refractivity (Wildman–Crippen MR) is 76.9 cm³/mol. The standard InChI is InChI=1S/C15H14F2N4/c1-9-11-6-10(8-19-15(11)21(2)20-9)7-18-13-5-3-4-12(16)14(13)17/h3-6,8,18H,7H2,1-2H3. The lowest BCUT2D eigenvalue weighted by Gasteiger charge is -2.08. The highest BCUT2D eigenvalue weighted by Crippen LogP contribution is 2.19. The molecule has 0 amide bonds. The van der Waals surface area contributed by atoms with E-state index in [0.29, 0.717) is 6.54 Å². The lowest BCUT2D eigenvalue weighted by Crippen LogP contribution is -2.03. The Hall–Kier alpha value is -2.50. The van der Waals surface area contributed by atoms with Gasteiger partial charge in [0.2, 0.25) is 0 Å². The van der Waals surface area contributed by atoms with Crippen LogP contribution < -0.4 is 5.32 Å². The molecule has 0 aliphatic heterocycles. The van der Waals surface area contributed by atoms with Crippen LogP contribution in [-0.4, -0.2) is 14.8 Å². The van der Waals surface area contributed by atoms with Crippen molar-refractivity contribution >= 4 is 16.7 Å². The Labute approximate surface area is 120 Å². The summed E-state index contributed by atoms with van der Waals surface area (Å²) in [4.78, 5) is 4.35. The van der Waals surface area contributed by atoms with E-state index in [4.69, 9.17) is 0 Å². The van der Waals surface area contributed by atoms with Crippen LogP contribution in [0.1, 0.15) is 11.3 Å². The number of nitrogens with one attached hydrogen (secondary N) is 1. The number of pyridine rings is 1. The van der Waals surface area contributed by atoms with Crippen LogP contribution in [0.15, 0.2) is 30.5 Å². The third kappa shape index (κ3) is 2.44. The Bertz CT molecular complexity index is 811. The van der Waals surface area contributed by atoms with Crippen molar-refractivity contribution in [3.63, 3.8) is 0 Å². The van der Waals surface area contributed by atoms with E-state index < -0.39 is 11.6 Å². The van der Waals surface area contributed by atoms with Crippen molar-refractivity contribution in [2.75, 3.05) is 5.32 Å². The summed E-state index contributed by atoms with van der Waals surface area (Å²) in [5.74, 6) is -1.74. The van der Waals surface area contributed by atoms with E-state index in [-0.39, 0.29) is 5.69 Å². The summed E-state index contributed by atoms with van der Waals surface area (Å²) >= 11 is 0. The minimum Gasteiger partial charge on any atom is -0.378 e. The van der Waals surface area contributed by atoms with Gasteiger partial charge in [-0.15, -0.1) is 0 Å². The summed E-state index contributed by atoms with van der Waals surface area (Å²) in [5.41, 5.74) is 2.70. The maximum absolute atomic E-state index is 13.6. The fraction of sp³-hybridized carbons (Fsp3) is 0.200. The molecule has 0 unspecified atom stereocenters. The van der Waals surface area contributed by atoms with Crippen LogP contribution in [0.4, 0.5) is 14.5 Å². The van der Waals surface area contributed by atoms with E-state index in [1.165, 1.54) is 12.1 Å². The number of nitrogens with zero attached hydrogens (tertiary/aromatic N) is 3. The molecule has 0 atom stereocenters. The number of hydrogen-bond acceptors (Lipinski definition) is 3. The van der Waals surface area contributed by atoms with Crippen molar-refractivity contribution in [1.29, 1.82) is 0 Å². The van der Waals surface area contributed by atoms with Gasteiger partial charge in [0.05, 0.1) is 11.4 Å². The van der Waals surface area contributed by atoms with Crippen LogP contribution in [0.3, 0.4) is 0 Å². The Balaban J connectivity index is 1.85. The molecule has 1 aromatic carbocycles. The van der Waals surface area contributed by atoms with Crippen molar-refractivity contribution in [2.24, 2.45) is 7.05 Å². The number of fused-ring (bicyclic) bond motifs is 1.